The summed E-state index contributed by atoms with van der Waals surface area (Å²) in [4.78, 5) is 23.4. The Hall–Kier alpha value is -1.88. The molecule has 1 rings (SSSR count). The molecule has 5 heteroatoms. The third-order valence-electron chi connectivity index (χ3n) is 3.41. The van der Waals surface area contributed by atoms with Crippen LogP contribution >= 0.6 is 0 Å². The first-order valence-corrected chi connectivity index (χ1v) is 7.32. The van der Waals surface area contributed by atoms with Crippen molar-refractivity contribution in [2.75, 3.05) is 7.05 Å². The summed E-state index contributed by atoms with van der Waals surface area (Å²) in [6.07, 6.45) is 2.67. The lowest BCUT2D eigenvalue weighted by atomic mass is 10.0. The molecule has 116 valence electrons. The van der Waals surface area contributed by atoms with Crippen molar-refractivity contribution < 1.29 is 14.7 Å². The topological polar surface area (TPSA) is 78.4 Å². The van der Waals surface area contributed by atoms with Crippen molar-refractivity contribution in [1.82, 2.24) is 10.6 Å². The molecule has 2 atom stereocenters. The Balaban J connectivity index is 2.62. The van der Waals surface area contributed by atoms with Gasteiger partial charge in [-0.1, -0.05) is 50.1 Å². The molecule has 0 bridgehead atoms. The van der Waals surface area contributed by atoms with Crippen LogP contribution in [0.5, 0.6) is 0 Å². The number of nitrogens with one attached hydrogen (secondary N) is 2. The fraction of sp³-hybridized carbons (Fsp3) is 0.500. The molecule has 0 saturated carbocycles. The van der Waals surface area contributed by atoms with Crippen LogP contribution in [0.3, 0.4) is 0 Å². The quantitative estimate of drug-likeness (QED) is 0.645. The molecule has 0 saturated heterocycles. The summed E-state index contributed by atoms with van der Waals surface area (Å²) in [5, 5.41) is 14.7. The summed E-state index contributed by atoms with van der Waals surface area (Å²) < 4.78 is 0. The van der Waals surface area contributed by atoms with Gasteiger partial charge in [0.25, 0.3) is 0 Å². The molecule has 0 aliphatic rings. The minimum absolute atomic E-state index is 0.273. The van der Waals surface area contributed by atoms with E-state index in [0.29, 0.717) is 12.8 Å². The third-order valence-corrected chi connectivity index (χ3v) is 3.41. The lowest BCUT2D eigenvalue weighted by molar-refractivity contribution is -0.142. The highest BCUT2D eigenvalue weighted by atomic mass is 16.4. The molecule has 0 radical (unpaired) electrons. The zero-order valence-electron chi connectivity index (χ0n) is 12.6. The van der Waals surface area contributed by atoms with Crippen LogP contribution in [0.25, 0.3) is 0 Å². The maximum atomic E-state index is 12.2. The van der Waals surface area contributed by atoms with Gasteiger partial charge in [-0.25, -0.2) is 4.79 Å². The first kappa shape index (κ1) is 17.2. The normalized spacial score (nSPS) is 13.4. The van der Waals surface area contributed by atoms with E-state index in [-0.39, 0.29) is 5.91 Å². The zero-order chi connectivity index (χ0) is 15.7. The van der Waals surface area contributed by atoms with Gasteiger partial charge < -0.3 is 15.7 Å². The number of carbonyl (C=O) groups excluding carboxylic acids is 1. The van der Waals surface area contributed by atoms with Crippen LogP contribution in [-0.4, -0.2) is 36.1 Å². The summed E-state index contributed by atoms with van der Waals surface area (Å²) in [6.45, 7) is 1.99. The number of amides is 1. The minimum atomic E-state index is -0.980. The Morgan fingerprint density at radius 2 is 1.86 bits per heavy atom. The van der Waals surface area contributed by atoms with E-state index in [2.05, 4.69) is 10.6 Å². The number of hydrogen-bond donors (Lipinski definition) is 3. The van der Waals surface area contributed by atoms with Crippen molar-refractivity contribution in [3.63, 3.8) is 0 Å². The van der Waals surface area contributed by atoms with Crippen LogP contribution in [0.2, 0.25) is 0 Å². The molecule has 0 aliphatic carbocycles. The van der Waals surface area contributed by atoms with E-state index in [4.69, 9.17) is 5.11 Å². The van der Waals surface area contributed by atoms with Crippen LogP contribution in [0.4, 0.5) is 0 Å². The Bertz CT molecular complexity index is 448. The number of hydrogen-bond acceptors (Lipinski definition) is 3. The lowest BCUT2D eigenvalue weighted by Crippen LogP contribution is -2.50. The molecule has 1 unspecified atom stereocenters. The largest absolute Gasteiger partial charge is 0.480 e. The van der Waals surface area contributed by atoms with Gasteiger partial charge in [-0.05, 0) is 25.5 Å². The molecule has 5 nitrogen and oxygen atoms in total. The molecule has 0 aliphatic heterocycles. The van der Waals surface area contributed by atoms with Crippen molar-refractivity contribution in [2.45, 2.75) is 44.7 Å². The molecule has 0 fully saturated rings. The molecule has 0 aromatic heterocycles. The van der Waals surface area contributed by atoms with Crippen LogP contribution in [-0.2, 0) is 16.0 Å². The highest BCUT2D eigenvalue weighted by Crippen LogP contribution is 2.05. The van der Waals surface area contributed by atoms with Gasteiger partial charge in [0.15, 0.2) is 0 Å². The Morgan fingerprint density at radius 3 is 2.38 bits per heavy atom. The molecule has 1 aromatic rings. The second-order valence-corrected chi connectivity index (χ2v) is 5.07. The molecule has 1 aromatic carbocycles. The summed E-state index contributed by atoms with van der Waals surface area (Å²) in [5.74, 6) is -1.25. The van der Waals surface area contributed by atoms with Crippen molar-refractivity contribution in [1.29, 1.82) is 0 Å². The first-order chi connectivity index (χ1) is 10.1. The number of carbonyl (C=O) groups is 2. The highest BCUT2D eigenvalue weighted by molar-refractivity contribution is 5.87. The molecule has 3 N–H and O–H groups in total. The second kappa shape index (κ2) is 9.13. The van der Waals surface area contributed by atoms with Gasteiger partial charge in [-0.2, -0.15) is 0 Å². The van der Waals surface area contributed by atoms with Crippen LogP contribution in [0, 0.1) is 0 Å². The van der Waals surface area contributed by atoms with Crippen LogP contribution in [0.15, 0.2) is 30.3 Å². The molecule has 0 spiro atoms. The van der Waals surface area contributed by atoms with Gasteiger partial charge in [0.05, 0.1) is 6.04 Å². The van der Waals surface area contributed by atoms with Gasteiger partial charge >= 0.3 is 5.97 Å². The number of unbranched alkanes of at least 4 members (excludes halogenated alkanes) is 1. The number of benzene rings is 1. The summed E-state index contributed by atoms with van der Waals surface area (Å²) in [6, 6.07) is 8.40. The molecule has 21 heavy (non-hydrogen) atoms. The van der Waals surface area contributed by atoms with Gasteiger partial charge in [0, 0.05) is 0 Å². The number of carboxylic acids is 1. The Kier molecular flexibility index (Phi) is 7.46. The number of carboxylic acid groups (broad SMARTS) is 1. The van der Waals surface area contributed by atoms with Crippen molar-refractivity contribution in [2.24, 2.45) is 0 Å². The van der Waals surface area contributed by atoms with Crippen molar-refractivity contribution >= 4 is 11.9 Å². The van der Waals surface area contributed by atoms with Crippen molar-refractivity contribution in [3.8, 4) is 0 Å². The molecule has 0 heterocycles. The average molecular weight is 292 g/mol. The Labute approximate surface area is 125 Å². The fourth-order valence-electron chi connectivity index (χ4n) is 2.11. The predicted molar refractivity (Wildman–Crippen MR) is 82.1 cm³/mol. The SMILES string of the molecule is CCCC[C@H](NC(=O)C(Cc1ccccc1)NC)C(=O)O. The maximum absolute atomic E-state index is 12.2. The van der Waals surface area contributed by atoms with Gasteiger partial charge in [0.1, 0.15) is 6.04 Å². The number of likely N-dealkylation sites (N-methyl/N-ethyl adjacent to an activating group) is 1. The maximum Gasteiger partial charge on any atom is 0.326 e. The highest BCUT2D eigenvalue weighted by Gasteiger charge is 2.24. The fourth-order valence-corrected chi connectivity index (χ4v) is 2.11. The van der Waals surface area contributed by atoms with E-state index < -0.39 is 18.1 Å². The van der Waals surface area contributed by atoms with Gasteiger partial charge in [-0.15, -0.1) is 0 Å². The summed E-state index contributed by atoms with van der Waals surface area (Å²) >= 11 is 0. The molecule has 1 amide bonds. The van der Waals surface area contributed by atoms with E-state index in [1.807, 2.05) is 37.3 Å². The van der Waals surface area contributed by atoms with Crippen LogP contribution < -0.4 is 10.6 Å². The van der Waals surface area contributed by atoms with E-state index in [0.717, 1.165) is 18.4 Å². The Morgan fingerprint density at radius 1 is 1.19 bits per heavy atom. The lowest BCUT2D eigenvalue weighted by Gasteiger charge is -2.20. The van der Waals surface area contributed by atoms with E-state index in [9.17, 15) is 9.59 Å². The predicted octanol–water partition coefficient (Wildman–Crippen LogP) is 1.58. The minimum Gasteiger partial charge on any atom is -0.480 e. The van der Waals surface area contributed by atoms with Gasteiger partial charge in [0.2, 0.25) is 5.91 Å². The van der Waals surface area contributed by atoms with Crippen molar-refractivity contribution in [3.05, 3.63) is 35.9 Å². The van der Waals surface area contributed by atoms with Gasteiger partial charge in [-0.3, -0.25) is 4.79 Å². The smallest absolute Gasteiger partial charge is 0.326 e. The van der Waals surface area contributed by atoms with Crippen LogP contribution in [0.1, 0.15) is 31.7 Å². The standard InChI is InChI=1S/C16H24N2O3/c1-3-4-10-13(16(20)21)18-15(19)14(17-2)11-12-8-6-5-7-9-12/h5-9,13-14,17H,3-4,10-11H2,1-2H3,(H,18,19)(H,20,21)/t13-,14?/m0/s1. The summed E-state index contributed by atoms with van der Waals surface area (Å²) in [5.41, 5.74) is 1.03. The summed E-state index contributed by atoms with van der Waals surface area (Å²) in [7, 11) is 1.70. The van der Waals surface area contributed by atoms with E-state index >= 15 is 0 Å². The zero-order valence-corrected chi connectivity index (χ0v) is 12.6. The average Bonchev–Trinajstić information content (AvgIpc) is 2.49. The number of rotatable bonds is 9. The second-order valence-electron chi connectivity index (χ2n) is 5.07. The van der Waals surface area contributed by atoms with E-state index in [1.165, 1.54) is 0 Å². The number of aliphatic carboxylic acids is 1. The first-order valence-electron chi connectivity index (χ1n) is 7.32. The third kappa shape index (κ3) is 5.95. The molecular weight excluding hydrogens is 268 g/mol. The van der Waals surface area contributed by atoms with E-state index in [1.54, 1.807) is 7.05 Å². The molecular formula is C16H24N2O3. The monoisotopic (exact) mass is 292 g/mol.